The molecule has 2 rings (SSSR count). The number of alkyl halides is 3. The highest BCUT2D eigenvalue weighted by Crippen LogP contribution is 2.29. The van der Waals surface area contributed by atoms with E-state index in [1.165, 1.54) is 17.7 Å². The number of hydrogen-bond donors (Lipinski definition) is 2. The number of aldehydes is 1. The van der Waals surface area contributed by atoms with E-state index in [-0.39, 0.29) is 5.56 Å². The van der Waals surface area contributed by atoms with E-state index in [1.54, 1.807) is 0 Å². The van der Waals surface area contributed by atoms with Gasteiger partial charge in [0.1, 0.15) is 6.29 Å². The van der Waals surface area contributed by atoms with E-state index in [4.69, 9.17) is 5.73 Å². The predicted octanol–water partition coefficient (Wildman–Crippen LogP) is 4.20. The van der Waals surface area contributed by atoms with Crippen molar-refractivity contribution in [3.8, 4) is 0 Å². The van der Waals surface area contributed by atoms with Crippen LogP contribution in [-0.2, 0) is 12.6 Å². The molecule has 31 heavy (non-hydrogen) atoms. The van der Waals surface area contributed by atoms with E-state index in [0.717, 1.165) is 50.3 Å². The molecule has 0 unspecified atom stereocenters. The largest absolute Gasteiger partial charge is 0.416 e. The number of carbonyl (C=O) groups is 1. The fraction of sp³-hybridized carbons (Fsp3) is 0.391. The molecule has 0 aromatic heterocycles. The summed E-state index contributed by atoms with van der Waals surface area (Å²) in [5, 5.41) is 3.13. The zero-order chi connectivity index (χ0) is 23.7. The van der Waals surface area contributed by atoms with Crippen LogP contribution >= 0.6 is 0 Å². The Morgan fingerprint density at radius 1 is 1.16 bits per heavy atom. The van der Waals surface area contributed by atoms with Gasteiger partial charge >= 0.3 is 6.18 Å². The first-order valence-electron chi connectivity index (χ1n) is 9.86. The number of likely N-dealkylation sites (N-methyl/N-ethyl adjacent to an activating group) is 1. The summed E-state index contributed by atoms with van der Waals surface area (Å²) in [6.45, 7) is 6.34. The van der Waals surface area contributed by atoms with E-state index in [9.17, 15) is 18.0 Å². The molecule has 0 bridgehead atoms. The second-order valence-electron chi connectivity index (χ2n) is 6.83. The number of aliphatic imine (C=N–C) groups is 1. The topological polar surface area (TPSA) is 70.7 Å². The number of nitrogens with one attached hydrogen (secondary N) is 1. The molecular weight excluding hydrogens is 405 g/mol. The van der Waals surface area contributed by atoms with Crippen molar-refractivity contribution in [3.05, 3.63) is 65.2 Å². The summed E-state index contributed by atoms with van der Waals surface area (Å²) >= 11 is 0. The Kier molecular flexibility index (Phi) is 14.9. The van der Waals surface area contributed by atoms with Gasteiger partial charge in [0.25, 0.3) is 0 Å². The molecule has 0 aliphatic heterocycles. The van der Waals surface area contributed by atoms with Crippen LogP contribution in [0, 0.1) is 0 Å². The molecule has 0 aliphatic carbocycles. The van der Waals surface area contributed by atoms with Gasteiger partial charge in [-0.05, 0) is 71.0 Å². The van der Waals surface area contributed by atoms with Gasteiger partial charge in [0.15, 0.2) is 0 Å². The Labute approximate surface area is 183 Å². The zero-order valence-electron chi connectivity index (χ0n) is 18.5. The maximum Gasteiger partial charge on any atom is 0.416 e. The van der Waals surface area contributed by atoms with Gasteiger partial charge in [-0.2, -0.15) is 13.2 Å². The molecule has 2 aromatic rings. The quantitative estimate of drug-likeness (QED) is 0.368. The summed E-state index contributed by atoms with van der Waals surface area (Å²) < 4.78 is 36.0. The zero-order valence-corrected chi connectivity index (χ0v) is 18.5. The molecule has 5 nitrogen and oxygen atoms in total. The summed E-state index contributed by atoms with van der Waals surface area (Å²) in [5.74, 6) is 0. The molecule has 0 saturated heterocycles. The highest BCUT2D eigenvalue weighted by Gasteiger charge is 2.30. The number of halogens is 3. The van der Waals surface area contributed by atoms with Crippen LogP contribution in [-0.4, -0.2) is 58.7 Å². The highest BCUT2D eigenvalue weighted by molar-refractivity contribution is 5.75. The average molecular weight is 439 g/mol. The van der Waals surface area contributed by atoms with Crippen LogP contribution < -0.4 is 11.1 Å². The molecule has 8 heteroatoms. The summed E-state index contributed by atoms with van der Waals surface area (Å²) in [6, 6.07) is 12.4. The summed E-state index contributed by atoms with van der Waals surface area (Å²) in [5.41, 5.74) is 6.72. The lowest BCUT2D eigenvalue weighted by atomic mass is 10.1. The minimum Gasteiger partial charge on any atom is -0.329 e. The van der Waals surface area contributed by atoms with E-state index < -0.39 is 11.7 Å². The van der Waals surface area contributed by atoms with Gasteiger partial charge in [0.05, 0.1) is 11.3 Å². The number of benzene rings is 2. The van der Waals surface area contributed by atoms with Crippen LogP contribution in [0.4, 0.5) is 18.9 Å². The van der Waals surface area contributed by atoms with Crippen LogP contribution in [0.5, 0.6) is 0 Å². The molecule has 2 aromatic carbocycles. The summed E-state index contributed by atoms with van der Waals surface area (Å²) in [7, 11) is 5.98. The van der Waals surface area contributed by atoms with Crippen LogP contribution in [0.2, 0.25) is 0 Å². The molecule has 172 valence electrons. The molecule has 0 heterocycles. The third-order valence-electron chi connectivity index (χ3n) is 3.96. The van der Waals surface area contributed by atoms with E-state index >= 15 is 0 Å². The molecule has 0 saturated carbocycles. The van der Waals surface area contributed by atoms with Crippen molar-refractivity contribution >= 4 is 18.7 Å². The fourth-order valence-corrected chi connectivity index (χ4v) is 2.38. The molecule has 0 fully saturated rings. The lowest BCUT2D eigenvalue weighted by Gasteiger charge is -2.05. The molecule has 0 spiro atoms. The van der Waals surface area contributed by atoms with Gasteiger partial charge in [-0.3, -0.25) is 9.79 Å². The van der Waals surface area contributed by atoms with Crippen LogP contribution in [0.1, 0.15) is 27.9 Å². The van der Waals surface area contributed by atoms with Crippen LogP contribution in [0.15, 0.2) is 53.5 Å². The first-order chi connectivity index (χ1) is 14.7. The number of hydrogen-bond acceptors (Lipinski definition) is 5. The Morgan fingerprint density at radius 3 is 2.32 bits per heavy atom. The number of carbonyl (C=O) groups excluding carboxylic acids is 1. The van der Waals surface area contributed by atoms with E-state index in [0.29, 0.717) is 6.29 Å². The van der Waals surface area contributed by atoms with Crippen LogP contribution in [0.3, 0.4) is 0 Å². The molecular formula is C23H33F3N4O. The molecule has 0 atom stereocenters. The Hall–Kier alpha value is -2.55. The van der Waals surface area contributed by atoms with Crippen molar-refractivity contribution in [2.24, 2.45) is 10.7 Å². The first kappa shape index (κ1) is 28.5. The number of rotatable bonds is 8. The number of aryl methyl sites for hydroxylation is 1. The Morgan fingerprint density at radius 2 is 1.84 bits per heavy atom. The van der Waals surface area contributed by atoms with Gasteiger partial charge in [0, 0.05) is 18.7 Å². The summed E-state index contributed by atoms with van der Waals surface area (Å²) in [6.07, 6.45) is -1.78. The van der Waals surface area contributed by atoms with Gasteiger partial charge in [-0.25, -0.2) is 0 Å². The van der Waals surface area contributed by atoms with Crippen LogP contribution in [0.25, 0.3) is 0 Å². The third kappa shape index (κ3) is 13.4. The van der Waals surface area contributed by atoms with Crippen molar-refractivity contribution in [1.29, 1.82) is 0 Å². The third-order valence-corrected chi connectivity index (χ3v) is 3.96. The second-order valence-corrected chi connectivity index (χ2v) is 6.83. The van der Waals surface area contributed by atoms with Crippen molar-refractivity contribution in [3.63, 3.8) is 0 Å². The average Bonchev–Trinajstić information content (AvgIpc) is 2.74. The van der Waals surface area contributed by atoms with E-state index in [2.05, 4.69) is 28.0 Å². The van der Waals surface area contributed by atoms with Crippen molar-refractivity contribution in [2.75, 3.05) is 40.8 Å². The first-order valence-corrected chi connectivity index (χ1v) is 9.86. The van der Waals surface area contributed by atoms with Crippen molar-refractivity contribution < 1.29 is 18.0 Å². The normalized spacial score (nSPS) is 10.5. The maximum absolute atomic E-state index is 12.0. The minimum absolute atomic E-state index is 0.0322. The standard InChI is InChI=1S/C11H16N2.C8H5F3O.C4H12N2/c1-12-9-5-7-10-6-3-4-8-11(10)13-2;9-8(10,11)7-3-1-2-6(4-7)5-12;1-6(2)4-3-5/h3-4,6,8,12H,2,5,7,9H2,1H3;1-5H;3-5H2,1-2H3. The van der Waals surface area contributed by atoms with Gasteiger partial charge in [-0.15, -0.1) is 0 Å². The lowest BCUT2D eigenvalue weighted by molar-refractivity contribution is -0.137. The SMILES string of the molecule is C=Nc1ccccc1CCCNC.CN(C)CCN.O=Cc1cccc(C(F)(F)F)c1. The maximum atomic E-state index is 12.0. The molecule has 3 N–H and O–H groups in total. The van der Waals surface area contributed by atoms with Gasteiger partial charge < -0.3 is 16.0 Å². The highest BCUT2D eigenvalue weighted by atomic mass is 19.4. The smallest absolute Gasteiger partial charge is 0.329 e. The monoisotopic (exact) mass is 438 g/mol. The van der Waals surface area contributed by atoms with Gasteiger partial charge in [0.2, 0.25) is 0 Å². The Balaban J connectivity index is 0.000000466. The fourth-order valence-electron chi connectivity index (χ4n) is 2.38. The van der Waals surface area contributed by atoms with E-state index in [1.807, 2.05) is 39.3 Å². The number of para-hydroxylation sites is 1. The van der Waals surface area contributed by atoms with Crippen molar-refractivity contribution in [1.82, 2.24) is 10.2 Å². The minimum atomic E-state index is -4.38. The predicted molar refractivity (Wildman–Crippen MR) is 122 cm³/mol. The molecule has 0 aliphatic rings. The van der Waals surface area contributed by atoms with Crippen molar-refractivity contribution in [2.45, 2.75) is 19.0 Å². The van der Waals surface area contributed by atoms with Gasteiger partial charge in [-0.1, -0.05) is 30.3 Å². The lowest BCUT2D eigenvalue weighted by Crippen LogP contribution is -2.20. The Bertz CT molecular complexity index is 764. The molecule has 0 radical (unpaired) electrons. The number of nitrogens with two attached hydrogens (primary N) is 1. The number of nitrogens with zero attached hydrogens (tertiary/aromatic N) is 2. The second kappa shape index (κ2) is 16.2. The summed E-state index contributed by atoms with van der Waals surface area (Å²) in [4.78, 5) is 16.2. The molecule has 0 amide bonds.